The van der Waals surface area contributed by atoms with Crippen LogP contribution in [0.5, 0.6) is 0 Å². The predicted molar refractivity (Wildman–Crippen MR) is 70.7 cm³/mol. The molecule has 4 rings (SSSR count). The molecule has 6 nitrogen and oxygen atoms in total. The highest BCUT2D eigenvalue weighted by atomic mass is 16.4. The van der Waals surface area contributed by atoms with E-state index in [1.807, 2.05) is 0 Å². The Balaban J connectivity index is 1.70. The molecular formula is C16H16NO5-. The van der Waals surface area contributed by atoms with Crippen molar-refractivity contribution >= 4 is 17.8 Å². The second kappa shape index (κ2) is 4.69. The summed E-state index contributed by atoms with van der Waals surface area (Å²) in [4.78, 5) is 37.7. The zero-order valence-electron chi connectivity index (χ0n) is 11.9. The number of furan rings is 1. The molecule has 2 aliphatic carbocycles. The van der Waals surface area contributed by atoms with Crippen molar-refractivity contribution in [2.75, 3.05) is 0 Å². The number of carboxylic acid groups (broad SMARTS) is 1. The lowest BCUT2D eigenvalue weighted by Gasteiger charge is -2.26. The molecule has 116 valence electrons. The highest BCUT2D eigenvalue weighted by molar-refractivity contribution is 6.06. The number of likely N-dealkylation sites (tertiary alicyclic amines) is 1. The monoisotopic (exact) mass is 302 g/mol. The van der Waals surface area contributed by atoms with Gasteiger partial charge in [0.2, 0.25) is 11.8 Å². The van der Waals surface area contributed by atoms with Gasteiger partial charge in [-0.15, -0.1) is 0 Å². The summed E-state index contributed by atoms with van der Waals surface area (Å²) in [6, 6.07) is 2.31. The lowest BCUT2D eigenvalue weighted by atomic mass is 9.81. The topological polar surface area (TPSA) is 90.7 Å². The Hall–Kier alpha value is -2.11. The van der Waals surface area contributed by atoms with Crippen LogP contribution >= 0.6 is 0 Å². The van der Waals surface area contributed by atoms with Crippen molar-refractivity contribution in [3.8, 4) is 0 Å². The molecular weight excluding hydrogens is 286 g/mol. The van der Waals surface area contributed by atoms with Crippen LogP contribution in [0.2, 0.25) is 0 Å². The number of carbonyl (C=O) groups excluding carboxylic acids is 3. The van der Waals surface area contributed by atoms with Crippen molar-refractivity contribution < 1.29 is 23.9 Å². The van der Waals surface area contributed by atoms with Crippen molar-refractivity contribution in [2.45, 2.75) is 31.7 Å². The quantitative estimate of drug-likeness (QED) is 0.755. The SMILES string of the molecule is O=C([O-])C[C@H](c1ccco1)N1C(=O)[C@H]2[C@@H]3CC[C@@H](C3)[C@@H]2C1=O. The van der Waals surface area contributed by atoms with Gasteiger partial charge in [0.1, 0.15) is 11.8 Å². The Morgan fingerprint density at radius 3 is 2.41 bits per heavy atom. The van der Waals surface area contributed by atoms with Gasteiger partial charge in [-0.2, -0.15) is 0 Å². The predicted octanol–water partition coefficient (Wildman–Crippen LogP) is 0.492. The van der Waals surface area contributed by atoms with E-state index in [2.05, 4.69) is 0 Å². The van der Waals surface area contributed by atoms with E-state index in [4.69, 9.17) is 4.42 Å². The van der Waals surface area contributed by atoms with Crippen LogP contribution in [0.25, 0.3) is 0 Å². The molecule has 0 spiro atoms. The first kappa shape index (κ1) is 13.5. The average molecular weight is 302 g/mol. The molecule has 2 amide bonds. The summed E-state index contributed by atoms with van der Waals surface area (Å²) < 4.78 is 5.26. The standard InChI is InChI=1S/C16H17NO5/c18-12(19)7-10(11-2-1-5-22-11)17-15(20)13-8-3-4-9(6-8)14(13)16(17)21/h1-2,5,8-10,13-14H,3-4,6-7H2,(H,18,19)/p-1/t8-,9+,10-,13+,14+/m1/s1. The number of hydrogen-bond donors (Lipinski definition) is 0. The maximum atomic E-state index is 12.8. The van der Waals surface area contributed by atoms with Crippen molar-refractivity contribution in [2.24, 2.45) is 23.7 Å². The molecule has 3 aliphatic rings. The maximum Gasteiger partial charge on any atom is 0.234 e. The lowest BCUT2D eigenvalue weighted by Crippen LogP contribution is -2.39. The molecule has 1 aliphatic heterocycles. The lowest BCUT2D eigenvalue weighted by molar-refractivity contribution is -0.306. The van der Waals surface area contributed by atoms with Crippen molar-refractivity contribution in [3.63, 3.8) is 0 Å². The summed E-state index contributed by atoms with van der Waals surface area (Å²) in [5.41, 5.74) is 0. The molecule has 1 aromatic heterocycles. The fourth-order valence-electron chi connectivity index (χ4n) is 4.70. The fraction of sp³-hybridized carbons (Fsp3) is 0.562. The summed E-state index contributed by atoms with van der Waals surface area (Å²) in [7, 11) is 0. The molecule has 5 atom stereocenters. The first-order valence-electron chi connectivity index (χ1n) is 7.68. The summed E-state index contributed by atoms with van der Waals surface area (Å²) >= 11 is 0. The molecule has 0 N–H and O–H groups in total. The molecule has 1 saturated heterocycles. The summed E-state index contributed by atoms with van der Waals surface area (Å²) in [6.07, 6.45) is 3.91. The molecule has 0 radical (unpaired) electrons. The second-order valence-corrected chi connectivity index (χ2v) is 6.54. The average Bonchev–Trinajstić information content (AvgIpc) is 3.22. The zero-order chi connectivity index (χ0) is 15.4. The van der Waals surface area contributed by atoms with Gasteiger partial charge in [0.15, 0.2) is 0 Å². The highest BCUT2D eigenvalue weighted by Crippen LogP contribution is 2.57. The minimum atomic E-state index is -1.30. The highest BCUT2D eigenvalue weighted by Gasteiger charge is 2.62. The number of nitrogens with zero attached hydrogens (tertiary/aromatic N) is 1. The van der Waals surface area contributed by atoms with E-state index in [1.54, 1.807) is 12.1 Å². The van der Waals surface area contributed by atoms with E-state index in [0.717, 1.165) is 24.2 Å². The molecule has 22 heavy (non-hydrogen) atoms. The number of carboxylic acids is 1. The van der Waals surface area contributed by atoms with Crippen LogP contribution < -0.4 is 5.11 Å². The van der Waals surface area contributed by atoms with Crippen LogP contribution in [0.4, 0.5) is 0 Å². The van der Waals surface area contributed by atoms with E-state index >= 15 is 0 Å². The first-order valence-corrected chi connectivity index (χ1v) is 7.68. The van der Waals surface area contributed by atoms with E-state index in [-0.39, 0.29) is 35.5 Å². The van der Waals surface area contributed by atoms with Crippen LogP contribution in [0.3, 0.4) is 0 Å². The van der Waals surface area contributed by atoms with Gasteiger partial charge in [-0.1, -0.05) is 0 Å². The van der Waals surface area contributed by atoms with Gasteiger partial charge in [-0.25, -0.2) is 0 Å². The summed E-state index contributed by atoms with van der Waals surface area (Å²) in [5.74, 6) is -1.42. The molecule has 2 bridgehead atoms. The van der Waals surface area contributed by atoms with Crippen LogP contribution in [0.1, 0.15) is 37.5 Å². The number of hydrogen-bond acceptors (Lipinski definition) is 5. The molecule has 2 saturated carbocycles. The molecule has 0 unspecified atom stereocenters. The van der Waals surface area contributed by atoms with E-state index in [1.165, 1.54) is 6.26 Å². The Morgan fingerprint density at radius 1 is 1.27 bits per heavy atom. The van der Waals surface area contributed by atoms with Gasteiger partial charge >= 0.3 is 0 Å². The van der Waals surface area contributed by atoms with Gasteiger partial charge in [0.25, 0.3) is 0 Å². The Kier molecular flexibility index (Phi) is 2.89. The van der Waals surface area contributed by atoms with E-state index in [9.17, 15) is 19.5 Å². The minimum Gasteiger partial charge on any atom is -0.550 e. The van der Waals surface area contributed by atoms with Crippen LogP contribution in [0, 0.1) is 23.7 Å². The Morgan fingerprint density at radius 2 is 1.91 bits per heavy atom. The molecule has 6 heteroatoms. The van der Waals surface area contributed by atoms with Crippen LogP contribution in [-0.4, -0.2) is 22.7 Å². The number of amides is 2. The van der Waals surface area contributed by atoms with Crippen molar-refractivity contribution in [1.82, 2.24) is 4.90 Å². The summed E-state index contributed by atoms with van der Waals surface area (Å²) in [5, 5.41) is 11.1. The van der Waals surface area contributed by atoms with Gasteiger partial charge in [0.05, 0.1) is 18.1 Å². The van der Waals surface area contributed by atoms with Gasteiger partial charge < -0.3 is 14.3 Å². The van der Waals surface area contributed by atoms with E-state index in [0.29, 0.717) is 5.76 Å². The molecule has 0 aromatic carbocycles. The summed E-state index contributed by atoms with van der Waals surface area (Å²) in [6.45, 7) is 0. The third-order valence-corrected chi connectivity index (χ3v) is 5.50. The fourth-order valence-corrected chi connectivity index (χ4v) is 4.70. The molecule has 2 heterocycles. The molecule has 1 aromatic rings. The normalized spacial score (nSPS) is 34.3. The van der Waals surface area contributed by atoms with Crippen molar-refractivity contribution in [1.29, 1.82) is 0 Å². The minimum absolute atomic E-state index is 0.232. The third kappa shape index (κ3) is 1.76. The van der Waals surface area contributed by atoms with Gasteiger partial charge in [-0.3, -0.25) is 14.5 Å². The number of fused-ring (bicyclic) bond motifs is 5. The number of rotatable bonds is 4. The number of carbonyl (C=O) groups is 3. The van der Waals surface area contributed by atoms with Gasteiger partial charge in [-0.05, 0) is 43.2 Å². The van der Waals surface area contributed by atoms with Crippen molar-refractivity contribution in [3.05, 3.63) is 24.2 Å². The smallest absolute Gasteiger partial charge is 0.234 e. The van der Waals surface area contributed by atoms with Crippen LogP contribution in [0.15, 0.2) is 22.8 Å². The zero-order valence-corrected chi connectivity index (χ0v) is 11.9. The molecule has 3 fully saturated rings. The first-order chi connectivity index (χ1) is 10.6. The number of aliphatic carboxylic acids is 1. The number of imide groups is 1. The third-order valence-electron chi connectivity index (χ3n) is 5.50. The second-order valence-electron chi connectivity index (χ2n) is 6.54. The largest absolute Gasteiger partial charge is 0.550 e. The van der Waals surface area contributed by atoms with E-state index < -0.39 is 18.4 Å². The Labute approximate surface area is 127 Å². The maximum absolute atomic E-state index is 12.8. The van der Waals surface area contributed by atoms with Gasteiger partial charge in [0, 0.05) is 12.4 Å². The van der Waals surface area contributed by atoms with Crippen LogP contribution in [-0.2, 0) is 14.4 Å². The Bertz CT molecular complexity index is 609.